The zero-order chi connectivity index (χ0) is 10.4. The molecule has 1 saturated carbocycles. The molecule has 1 aliphatic carbocycles. The summed E-state index contributed by atoms with van der Waals surface area (Å²) in [6.45, 7) is 1.40. The van der Waals surface area contributed by atoms with Crippen LogP contribution in [0, 0.1) is 0 Å². The third-order valence-electron chi connectivity index (χ3n) is 3.85. The van der Waals surface area contributed by atoms with Crippen molar-refractivity contribution in [1.29, 1.82) is 0 Å². The molecule has 2 heterocycles. The van der Waals surface area contributed by atoms with Gasteiger partial charge in [0.15, 0.2) is 5.79 Å². The highest BCUT2D eigenvalue weighted by molar-refractivity contribution is 5.72. The average molecular weight is 212 g/mol. The van der Waals surface area contributed by atoms with E-state index < -0.39 is 0 Å². The second-order valence-electron chi connectivity index (χ2n) is 4.76. The van der Waals surface area contributed by atoms with Crippen LogP contribution in [0.15, 0.2) is 0 Å². The summed E-state index contributed by atoms with van der Waals surface area (Å²) in [6, 6.07) is 0. The van der Waals surface area contributed by atoms with Gasteiger partial charge in [-0.15, -0.1) is 0 Å². The molecular weight excluding hydrogens is 196 g/mol. The minimum atomic E-state index is -0.347. The largest absolute Gasteiger partial charge is 0.459 e. The van der Waals surface area contributed by atoms with Crippen LogP contribution in [0.4, 0.5) is 0 Å². The first-order valence-corrected chi connectivity index (χ1v) is 5.72. The van der Waals surface area contributed by atoms with E-state index >= 15 is 0 Å². The quantitative estimate of drug-likeness (QED) is 0.569. The maximum atomic E-state index is 11.1. The minimum Gasteiger partial charge on any atom is -0.459 e. The third kappa shape index (κ3) is 1.56. The van der Waals surface area contributed by atoms with E-state index in [4.69, 9.17) is 14.2 Å². The van der Waals surface area contributed by atoms with Crippen molar-refractivity contribution < 1.29 is 19.0 Å². The van der Waals surface area contributed by atoms with E-state index in [-0.39, 0.29) is 17.4 Å². The summed E-state index contributed by atoms with van der Waals surface area (Å²) in [5.74, 6) is -0.389. The van der Waals surface area contributed by atoms with Crippen LogP contribution >= 0.6 is 0 Å². The molecule has 4 nitrogen and oxygen atoms in total. The lowest BCUT2D eigenvalue weighted by atomic mass is 9.80. The fourth-order valence-corrected chi connectivity index (χ4v) is 2.90. The molecule has 0 radical (unpaired) electrons. The minimum absolute atomic E-state index is 0.0424. The second kappa shape index (κ2) is 3.19. The normalized spacial score (nSPS) is 32.4. The SMILES string of the molecule is O=C1CCC2(CCC3(CC2)OCCO3)O1. The van der Waals surface area contributed by atoms with E-state index in [2.05, 4.69) is 0 Å². The van der Waals surface area contributed by atoms with Crippen LogP contribution in [0.5, 0.6) is 0 Å². The van der Waals surface area contributed by atoms with Crippen LogP contribution in [-0.4, -0.2) is 30.6 Å². The zero-order valence-corrected chi connectivity index (χ0v) is 8.79. The number of hydrogen-bond donors (Lipinski definition) is 0. The van der Waals surface area contributed by atoms with Gasteiger partial charge in [0.1, 0.15) is 5.60 Å². The molecular formula is C11H16O4. The molecule has 2 spiro atoms. The molecule has 84 valence electrons. The number of carbonyl (C=O) groups is 1. The van der Waals surface area contributed by atoms with Gasteiger partial charge in [0.25, 0.3) is 0 Å². The van der Waals surface area contributed by atoms with E-state index in [1.54, 1.807) is 0 Å². The van der Waals surface area contributed by atoms with Crippen LogP contribution < -0.4 is 0 Å². The highest BCUT2D eigenvalue weighted by Crippen LogP contribution is 2.46. The molecule has 0 unspecified atom stereocenters. The number of hydrogen-bond acceptors (Lipinski definition) is 4. The smallest absolute Gasteiger partial charge is 0.306 e. The van der Waals surface area contributed by atoms with Crippen LogP contribution in [0.25, 0.3) is 0 Å². The first kappa shape index (κ1) is 9.60. The van der Waals surface area contributed by atoms with Gasteiger partial charge in [0.2, 0.25) is 0 Å². The van der Waals surface area contributed by atoms with Crippen molar-refractivity contribution >= 4 is 5.97 Å². The summed E-state index contributed by atoms with van der Waals surface area (Å²) in [5.41, 5.74) is -0.183. The monoisotopic (exact) mass is 212 g/mol. The van der Waals surface area contributed by atoms with Crippen molar-refractivity contribution in [3.63, 3.8) is 0 Å². The fraction of sp³-hybridized carbons (Fsp3) is 0.909. The van der Waals surface area contributed by atoms with Gasteiger partial charge in [0, 0.05) is 19.3 Å². The van der Waals surface area contributed by atoms with Crippen molar-refractivity contribution in [1.82, 2.24) is 0 Å². The van der Waals surface area contributed by atoms with Gasteiger partial charge in [-0.2, -0.15) is 0 Å². The Kier molecular flexibility index (Phi) is 2.04. The van der Waals surface area contributed by atoms with Gasteiger partial charge >= 0.3 is 5.97 Å². The summed E-state index contributed by atoms with van der Waals surface area (Å²) < 4.78 is 16.7. The third-order valence-corrected chi connectivity index (χ3v) is 3.85. The molecule has 0 N–H and O–H groups in total. The Hall–Kier alpha value is -0.610. The highest BCUT2D eigenvalue weighted by Gasteiger charge is 2.50. The highest BCUT2D eigenvalue weighted by atomic mass is 16.7. The molecule has 0 bridgehead atoms. The molecule has 0 aromatic carbocycles. The lowest BCUT2D eigenvalue weighted by Crippen LogP contribution is -2.43. The van der Waals surface area contributed by atoms with Crippen molar-refractivity contribution in [3.8, 4) is 0 Å². The van der Waals surface area contributed by atoms with Crippen LogP contribution in [-0.2, 0) is 19.0 Å². The maximum absolute atomic E-state index is 11.1. The van der Waals surface area contributed by atoms with Gasteiger partial charge in [-0.25, -0.2) is 0 Å². The topological polar surface area (TPSA) is 44.8 Å². The van der Waals surface area contributed by atoms with Gasteiger partial charge in [-0.3, -0.25) is 4.79 Å². The van der Waals surface area contributed by atoms with Crippen molar-refractivity contribution in [2.45, 2.75) is 49.9 Å². The summed E-state index contributed by atoms with van der Waals surface area (Å²) in [7, 11) is 0. The molecule has 0 atom stereocenters. The Balaban J connectivity index is 1.67. The fourth-order valence-electron chi connectivity index (χ4n) is 2.90. The maximum Gasteiger partial charge on any atom is 0.306 e. The molecule has 0 amide bonds. The second-order valence-corrected chi connectivity index (χ2v) is 4.76. The number of carbonyl (C=O) groups excluding carboxylic acids is 1. The number of rotatable bonds is 0. The lowest BCUT2D eigenvalue weighted by molar-refractivity contribution is -0.205. The first-order chi connectivity index (χ1) is 7.22. The molecule has 2 aliphatic heterocycles. The van der Waals surface area contributed by atoms with Crippen molar-refractivity contribution in [2.75, 3.05) is 13.2 Å². The van der Waals surface area contributed by atoms with Gasteiger partial charge in [-0.05, 0) is 19.3 Å². The molecule has 3 rings (SSSR count). The average Bonchev–Trinajstić information content (AvgIpc) is 2.81. The summed E-state index contributed by atoms with van der Waals surface area (Å²) in [4.78, 5) is 11.1. The zero-order valence-electron chi connectivity index (χ0n) is 8.79. The van der Waals surface area contributed by atoms with Crippen LogP contribution in [0.1, 0.15) is 38.5 Å². The molecule has 3 aliphatic rings. The van der Waals surface area contributed by atoms with Crippen LogP contribution in [0.2, 0.25) is 0 Å². The van der Waals surface area contributed by atoms with Crippen LogP contribution in [0.3, 0.4) is 0 Å². The first-order valence-electron chi connectivity index (χ1n) is 5.72. The summed E-state index contributed by atoms with van der Waals surface area (Å²) in [5, 5.41) is 0. The van der Waals surface area contributed by atoms with E-state index in [0.717, 1.165) is 32.1 Å². The molecule has 4 heteroatoms. The predicted molar refractivity (Wildman–Crippen MR) is 51.2 cm³/mol. The number of esters is 1. The number of ether oxygens (including phenoxy) is 3. The Labute approximate surface area is 88.9 Å². The summed E-state index contributed by atoms with van der Waals surface area (Å²) >= 11 is 0. The van der Waals surface area contributed by atoms with Crippen molar-refractivity contribution in [2.24, 2.45) is 0 Å². The molecule has 15 heavy (non-hydrogen) atoms. The predicted octanol–water partition coefficient (Wildman–Crippen LogP) is 1.38. The molecule has 0 aromatic heterocycles. The Morgan fingerprint density at radius 2 is 1.60 bits per heavy atom. The molecule has 0 aromatic rings. The van der Waals surface area contributed by atoms with E-state index in [0.29, 0.717) is 19.6 Å². The summed E-state index contributed by atoms with van der Waals surface area (Å²) in [6.07, 6.45) is 4.95. The van der Waals surface area contributed by atoms with Gasteiger partial charge in [-0.1, -0.05) is 0 Å². The van der Waals surface area contributed by atoms with Gasteiger partial charge in [0.05, 0.1) is 13.2 Å². The Morgan fingerprint density at radius 1 is 0.933 bits per heavy atom. The van der Waals surface area contributed by atoms with Gasteiger partial charge < -0.3 is 14.2 Å². The molecule has 3 fully saturated rings. The lowest BCUT2D eigenvalue weighted by Gasteiger charge is -2.40. The Morgan fingerprint density at radius 3 is 2.13 bits per heavy atom. The van der Waals surface area contributed by atoms with E-state index in [1.807, 2.05) is 0 Å². The van der Waals surface area contributed by atoms with E-state index in [1.165, 1.54) is 0 Å². The standard InChI is InChI=1S/C11H16O4/c12-9-1-2-10(15-9)3-5-11(6-4-10)13-7-8-14-11/h1-8H2. The van der Waals surface area contributed by atoms with E-state index in [9.17, 15) is 4.79 Å². The van der Waals surface area contributed by atoms with Crippen molar-refractivity contribution in [3.05, 3.63) is 0 Å². The Bertz CT molecular complexity index is 270. The molecule has 2 saturated heterocycles.